The summed E-state index contributed by atoms with van der Waals surface area (Å²) in [5, 5.41) is 26.9. The number of hydrogen-bond donors (Lipinski definition) is 4. The molecule has 16 heavy (non-hydrogen) atoms. The predicted molar refractivity (Wildman–Crippen MR) is 52.4 cm³/mol. The number of nitrogens with two attached hydrogens (primary N) is 1. The monoisotopic (exact) mass is 233 g/mol. The Morgan fingerprint density at radius 2 is 1.75 bits per heavy atom. The van der Waals surface area contributed by atoms with Gasteiger partial charge in [0.05, 0.1) is 6.10 Å². The van der Waals surface area contributed by atoms with E-state index in [0.29, 0.717) is 0 Å². The Hall–Kier alpha value is -1.15. The fourth-order valence-corrected chi connectivity index (χ4v) is 0.997. The third kappa shape index (κ3) is 3.46. The molecule has 0 fully saturated rings. The van der Waals surface area contributed by atoms with E-state index in [1.165, 1.54) is 0 Å². The second-order valence-electron chi connectivity index (χ2n) is 3.27. The average Bonchev–Trinajstić information content (AvgIpc) is 2.32. The molecule has 0 bridgehead atoms. The fourth-order valence-electron chi connectivity index (χ4n) is 0.997. The van der Waals surface area contributed by atoms with Gasteiger partial charge in [0.1, 0.15) is 18.8 Å². The van der Waals surface area contributed by atoms with Crippen LogP contribution in [0, 0.1) is 0 Å². The summed E-state index contributed by atoms with van der Waals surface area (Å²) in [6.07, 6.45) is -2.73. The van der Waals surface area contributed by atoms with Crippen molar-refractivity contribution in [3.8, 4) is 0 Å². The maximum Gasteiger partial charge on any atom is 0.268 e. The van der Waals surface area contributed by atoms with Crippen LogP contribution in [0.3, 0.4) is 0 Å². The van der Waals surface area contributed by atoms with Crippen LogP contribution >= 0.6 is 0 Å². The van der Waals surface area contributed by atoms with Gasteiger partial charge in [-0.15, -0.1) is 0 Å². The zero-order valence-corrected chi connectivity index (χ0v) is 8.79. The molecule has 0 aromatic heterocycles. The van der Waals surface area contributed by atoms with Gasteiger partial charge in [-0.3, -0.25) is 14.4 Å². The number of Topliss-reactive ketones (excluding diaryl/α,β-unsaturated/α-hetero) is 3. The predicted octanol–water partition coefficient (Wildman–Crippen LogP) is -2.85. The molecule has 0 aromatic carbocycles. The number of aliphatic hydroxyl groups excluding tert-OH is 3. The van der Waals surface area contributed by atoms with Crippen molar-refractivity contribution in [3.63, 3.8) is 0 Å². The molecule has 0 aromatic rings. The summed E-state index contributed by atoms with van der Waals surface area (Å²) in [5.74, 6) is -4.09. The summed E-state index contributed by atoms with van der Waals surface area (Å²) in [6.45, 7) is 0.454. The maximum absolute atomic E-state index is 11.2. The van der Waals surface area contributed by atoms with E-state index < -0.39 is 42.2 Å². The highest BCUT2D eigenvalue weighted by Crippen LogP contribution is 2.03. The van der Waals surface area contributed by atoms with E-state index in [9.17, 15) is 24.6 Å². The van der Waals surface area contributed by atoms with E-state index in [0.717, 1.165) is 0 Å². The number of carbonyl (C=O) groups is 3. The van der Waals surface area contributed by atoms with Crippen molar-refractivity contribution >= 4 is 17.3 Å². The van der Waals surface area contributed by atoms with Crippen LogP contribution in [0.4, 0.5) is 0 Å². The topological polar surface area (TPSA) is 138 Å². The Labute approximate surface area is 91.9 Å². The SMILES string of the molecule is CCC(O)C(O)[C@H](N)C(=O)C(=O)C(=O)CO. The third-order valence-corrected chi connectivity index (χ3v) is 2.10. The second kappa shape index (κ2) is 6.44. The van der Waals surface area contributed by atoms with Gasteiger partial charge >= 0.3 is 0 Å². The first-order valence-electron chi connectivity index (χ1n) is 4.70. The lowest BCUT2D eigenvalue weighted by atomic mass is 9.97. The van der Waals surface area contributed by atoms with Crippen molar-refractivity contribution < 1.29 is 29.7 Å². The quantitative estimate of drug-likeness (QED) is 0.274. The van der Waals surface area contributed by atoms with Crippen LogP contribution in [0.1, 0.15) is 13.3 Å². The zero-order chi connectivity index (χ0) is 12.9. The van der Waals surface area contributed by atoms with E-state index in [1.54, 1.807) is 6.92 Å². The van der Waals surface area contributed by atoms with Crippen molar-refractivity contribution in [1.82, 2.24) is 0 Å². The van der Waals surface area contributed by atoms with Crippen molar-refractivity contribution in [1.29, 1.82) is 0 Å². The molecule has 2 unspecified atom stereocenters. The molecular weight excluding hydrogens is 218 g/mol. The fraction of sp³-hybridized carbons (Fsp3) is 0.667. The number of carbonyl (C=O) groups excluding carboxylic acids is 3. The van der Waals surface area contributed by atoms with Crippen molar-refractivity contribution in [2.24, 2.45) is 5.73 Å². The smallest absolute Gasteiger partial charge is 0.268 e. The molecule has 0 aliphatic heterocycles. The first-order valence-corrected chi connectivity index (χ1v) is 4.70. The van der Waals surface area contributed by atoms with Gasteiger partial charge in [0, 0.05) is 0 Å². The molecule has 7 heteroatoms. The van der Waals surface area contributed by atoms with Crippen LogP contribution in [-0.4, -0.2) is 57.5 Å². The average molecular weight is 233 g/mol. The lowest BCUT2D eigenvalue weighted by Gasteiger charge is -2.20. The highest BCUT2D eigenvalue weighted by molar-refractivity contribution is 6.65. The first kappa shape index (κ1) is 14.8. The van der Waals surface area contributed by atoms with Gasteiger partial charge in [0.15, 0.2) is 0 Å². The molecule has 5 N–H and O–H groups in total. The van der Waals surface area contributed by atoms with E-state index in [2.05, 4.69) is 0 Å². The number of hydrogen-bond acceptors (Lipinski definition) is 7. The molecule has 0 amide bonds. The van der Waals surface area contributed by atoms with Crippen LogP contribution in [0.25, 0.3) is 0 Å². The first-order chi connectivity index (χ1) is 7.36. The Bertz CT molecular complexity index is 290. The Morgan fingerprint density at radius 3 is 2.12 bits per heavy atom. The van der Waals surface area contributed by atoms with Gasteiger partial charge in [-0.25, -0.2) is 0 Å². The van der Waals surface area contributed by atoms with Crippen LogP contribution < -0.4 is 5.73 Å². The van der Waals surface area contributed by atoms with Crippen molar-refractivity contribution in [2.45, 2.75) is 31.6 Å². The molecule has 0 spiro atoms. The lowest BCUT2D eigenvalue weighted by Crippen LogP contribution is -2.51. The van der Waals surface area contributed by atoms with Gasteiger partial charge in [-0.1, -0.05) is 6.92 Å². The number of ketones is 3. The maximum atomic E-state index is 11.2. The van der Waals surface area contributed by atoms with Gasteiger partial charge in [-0.05, 0) is 6.42 Å². The van der Waals surface area contributed by atoms with Crippen LogP contribution in [0.2, 0.25) is 0 Å². The summed E-state index contributed by atoms with van der Waals surface area (Å²) in [6, 6.07) is -1.67. The summed E-state index contributed by atoms with van der Waals surface area (Å²) in [7, 11) is 0. The lowest BCUT2D eigenvalue weighted by molar-refractivity contribution is -0.147. The minimum Gasteiger partial charge on any atom is -0.390 e. The van der Waals surface area contributed by atoms with Crippen LogP contribution in [0.15, 0.2) is 0 Å². The normalized spacial score (nSPS) is 16.3. The van der Waals surface area contributed by atoms with Crippen LogP contribution in [-0.2, 0) is 14.4 Å². The molecule has 0 saturated heterocycles. The van der Waals surface area contributed by atoms with E-state index in [4.69, 9.17) is 10.8 Å². The Kier molecular flexibility index (Phi) is 5.97. The molecule has 0 rings (SSSR count). The molecule has 92 valence electrons. The summed E-state index contributed by atoms with van der Waals surface area (Å²) >= 11 is 0. The van der Waals surface area contributed by atoms with Gasteiger partial charge in [-0.2, -0.15) is 0 Å². The highest BCUT2D eigenvalue weighted by Gasteiger charge is 2.34. The van der Waals surface area contributed by atoms with Crippen molar-refractivity contribution in [3.05, 3.63) is 0 Å². The zero-order valence-electron chi connectivity index (χ0n) is 8.79. The summed E-state index contributed by atoms with van der Waals surface area (Å²) in [4.78, 5) is 32.9. The largest absolute Gasteiger partial charge is 0.390 e. The standard InChI is InChI=1S/C9H15NO6/c1-2-4(12)7(14)6(10)9(16)8(15)5(13)3-11/h4,6-7,11-12,14H,2-3,10H2,1H3/t4?,6-,7?/m0/s1. The molecule has 0 heterocycles. The van der Waals surface area contributed by atoms with E-state index in [1.807, 2.05) is 0 Å². The number of rotatable bonds is 7. The van der Waals surface area contributed by atoms with E-state index in [-0.39, 0.29) is 6.42 Å². The van der Waals surface area contributed by atoms with Gasteiger partial charge in [0.2, 0.25) is 11.6 Å². The molecule has 3 atom stereocenters. The molecule has 0 aliphatic rings. The highest BCUT2D eigenvalue weighted by atomic mass is 16.3. The minimum absolute atomic E-state index is 0.143. The van der Waals surface area contributed by atoms with Crippen molar-refractivity contribution in [2.75, 3.05) is 6.61 Å². The van der Waals surface area contributed by atoms with Gasteiger partial charge in [0.25, 0.3) is 5.78 Å². The summed E-state index contributed by atoms with van der Waals surface area (Å²) in [5.41, 5.74) is 5.22. The van der Waals surface area contributed by atoms with E-state index >= 15 is 0 Å². The minimum atomic E-state index is -1.67. The third-order valence-electron chi connectivity index (χ3n) is 2.10. The number of aliphatic hydroxyl groups is 3. The molecular formula is C9H15NO6. The molecule has 0 saturated carbocycles. The Balaban J connectivity index is 4.61. The molecule has 7 nitrogen and oxygen atoms in total. The Morgan fingerprint density at radius 1 is 1.25 bits per heavy atom. The molecule has 0 radical (unpaired) electrons. The van der Waals surface area contributed by atoms with Crippen LogP contribution in [0.5, 0.6) is 0 Å². The summed E-state index contributed by atoms with van der Waals surface area (Å²) < 4.78 is 0. The second-order valence-corrected chi connectivity index (χ2v) is 3.27. The molecule has 0 aliphatic carbocycles. The van der Waals surface area contributed by atoms with Gasteiger partial charge < -0.3 is 21.1 Å².